The standard InChI is InChI=1S/C17H21N3O4/c1-4-24-7-5-6-20-10-18-15-11-8-13(22-2)14(23-3)9-12(11)19-16(15)17(20)21/h8-10,19H,4-7H2,1-3H3. The number of rotatable bonds is 7. The van der Waals surface area contributed by atoms with E-state index in [0.29, 0.717) is 42.3 Å². The van der Waals surface area contributed by atoms with E-state index >= 15 is 0 Å². The Morgan fingerprint density at radius 2 is 1.96 bits per heavy atom. The number of aromatic nitrogens is 3. The minimum atomic E-state index is -0.0920. The van der Waals surface area contributed by atoms with Crippen LogP contribution in [-0.4, -0.2) is 42.0 Å². The van der Waals surface area contributed by atoms with Crippen molar-refractivity contribution in [2.24, 2.45) is 0 Å². The fourth-order valence-electron chi connectivity index (χ4n) is 2.76. The monoisotopic (exact) mass is 331 g/mol. The zero-order chi connectivity index (χ0) is 17.1. The number of nitrogens with zero attached hydrogens (tertiary/aromatic N) is 2. The van der Waals surface area contributed by atoms with Crippen LogP contribution in [0.25, 0.3) is 21.9 Å². The van der Waals surface area contributed by atoms with E-state index in [2.05, 4.69) is 9.97 Å². The predicted octanol–water partition coefficient (Wildman–Crippen LogP) is 2.32. The van der Waals surface area contributed by atoms with E-state index in [0.717, 1.165) is 17.3 Å². The molecule has 24 heavy (non-hydrogen) atoms. The summed E-state index contributed by atoms with van der Waals surface area (Å²) in [6.45, 7) is 3.83. The normalized spacial score (nSPS) is 11.3. The molecule has 1 N–H and O–H groups in total. The number of methoxy groups -OCH3 is 2. The van der Waals surface area contributed by atoms with Gasteiger partial charge in [0, 0.05) is 31.2 Å². The Morgan fingerprint density at radius 3 is 2.67 bits per heavy atom. The lowest BCUT2D eigenvalue weighted by atomic mass is 10.2. The maximum Gasteiger partial charge on any atom is 0.277 e. The minimum absolute atomic E-state index is 0.0920. The highest BCUT2D eigenvalue weighted by Crippen LogP contribution is 2.34. The molecule has 2 heterocycles. The van der Waals surface area contributed by atoms with Crippen molar-refractivity contribution < 1.29 is 14.2 Å². The van der Waals surface area contributed by atoms with Gasteiger partial charge in [0.05, 0.1) is 26.1 Å². The summed E-state index contributed by atoms with van der Waals surface area (Å²) in [6, 6.07) is 3.65. The average Bonchev–Trinajstić information content (AvgIpc) is 2.97. The number of hydrogen-bond donors (Lipinski definition) is 1. The summed E-state index contributed by atoms with van der Waals surface area (Å²) in [5.41, 5.74) is 1.82. The van der Waals surface area contributed by atoms with Crippen LogP contribution in [0, 0.1) is 0 Å². The molecule has 7 nitrogen and oxygen atoms in total. The van der Waals surface area contributed by atoms with Crippen LogP contribution >= 0.6 is 0 Å². The van der Waals surface area contributed by atoms with Gasteiger partial charge in [0.25, 0.3) is 5.56 Å². The van der Waals surface area contributed by atoms with Gasteiger partial charge in [-0.2, -0.15) is 0 Å². The summed E-state index contributed by atoms with van der Waals surface area (Å²) in [4.78, 5) is 20.3. The van der Waals surface area contributed by atoms with Crippen molar-refractivity contribution in [3.8, 4) is 11.5 Å². The second-order valence-corrected chi connectivity index (χ2v) is 5.39. The molecule has 3 rings (SSSR count). The molecule has 0 bridgehead atoms. The van der Waals surface area contributed by atoms with Crippen molar-refractivity contribution >= 4 is 21.9 Å². The maximum atomic E-state index is 12.7. The molecule has 0 atom stereocenters. The third kappa shape index (κ3) is 2.82. The molecule has 3 aromatic rings. The fraction of sp³-hybridized carbons (Fsp3) is 0.412. The van der Waals surface area contributed by atoms with Crippen LogP contribution in [0.15, 0.2) is 23.3 Å². The number of aromatic amines is 1. The number of ether oxygens (including phenoxy) is 3. The molecule has 0 saturated carbocycles. The Kier molecular flexibility index (Phi) is 4.71. The number of fused-ring (bicyclic) bond motifs is 3. The van der Waals surface area contributed by atoms with Crippen LogP contribution in [0.4, 0.5) is 0 Å². The highest BCUT2D eigenvalue weighted by molar-refractivity contribution is 6.05. The Bertz CT molecular complexity index is 913. The molecule has 2 aromatic heterocycles. The van der Waals surface area contributed by atoms with E-state index in [9.17, 15) is 4.79 Å². The summed E-state index contributed by atoms with van der Waals surface area (Å²) in [5.74, 6) is 1.21. The second-order valence-electron chi connectivity index (χ2n) is 5.39. The average molecular weight is 331 g/mol. The smallest absolute Gasteiger partial charge is 0.277 e. The Hall–Kier alpha value is -2.54. The van der Waals surface area contributed by atoms with Crippen LogP contribution in [-0.2, 0) is 11.3 Å². The van der Waals surface area contributed by atoms with Crippen LogP contribution in [0.2, 0.25) is 0 Å². The Balaban J connectivity index is 2.05. The molecular weight excluding hydrogens is 310 g/mol. The fourth-order valence-corrected chi connectivity index (χ4v) is 2.76. The van der Waals surface area contributed by atoms with Crippen molar-refractivity contribution in [2.75, 3.05) is 27.4 Å². The first-order valence-electron chi connectivity index (χ1n) is 7.90. The Morgan fingerprint density at radius 1 is 1.21 bits per heavy atom. The van der Waals surface area contributed by atoms with E-state index < -0.39 is 0 Å². The number of benzene rings is 1. The highest BCUT2D eigenvalue weighted by atomic mass is 16.5. The van der Waals surface area contributed by atoms with Crippen LogP contribution in [0.5, 0.6) is 11.5 Å². The Labute approximate surface area is 139 Å². The van der Waals surface area contributed by atoms with Gasteiger partial charge in [0.15, 0.2) is 11.5 Å². The van der Waals surface area contributed by atoms with Gasteiger partial charge < -0.3 is 19.2 Å². The molecule has 7 heteroatoms. The molecule has 128 valence electrons. The lowest BCUT2D eigenvalue weighted by Gasteiger charge is -2.07. The maximum absolute atomic E-state index is 12.7. The lowest BCUT2D eigenvalue weighted by Crippen LogP contribution is -2.21. The number of aryl methyl sites for hydroxylation is 1. The van der Waals surface area contributed by atoms with E-state index in [-0.39, 0.29) is 5.56 Å². The van der Waals surface area contributed by atoms with Crippen molar-refractivity contribution in [1.82, 2.24) is 14.5 Å². The van der Waals surface area contributed by atoms with Crippen molar-refractivity contribution in [3.63, 3.8) is 0 Å². The summed E-state index contributed by atoms with van der Waals surface area (Å²) in [7, 11) is 3.16. The molecule has 0 aliphatic rings. The summed E-state index contributed by atoms with van der Waals surface area (Å²) < 4.78 is 17.5. The van der Waals surface area contributed by atoms with Crippen LogP contribution in [0.1, 0.15) is 13.3 Å². The molecule has 0 aliphatic carbocycles. The zero-order valence-electron chi connectivity index (χ0n) is 14.1. The number of nitrogens with one attached hydrogen (secondary N) is 1. The quantitative estimate of drug-likeness (QED) is 0.672. The molecular formula is C17H21N3O4. The number of H-pyrrole nitrogens is 1. The van der Waals surface area contributed by atoms with Gasteiger partial charge in [-0.1, -0.05) is 0 Å². The highest BCUT2D eigenvalue weighted by Gasteiger charge is 2.14. The molecule has 1 aromatic carbocycles. The van der Waals surface area contributed by atoms with Crippen LogP contribution in [0.3, 0.4) is 0 Å². The van der Waals surface area contributed by atoms with Gasteiger partial charge in [-0.3, -0.25) is 9.36 Å². The molecule has 0 unspecified atom stereocenters. The lowest BCUT2D eigenvalue weighted by molar-refractivity contribution is 0.141. The SMILES string of the molecule is CCOCCCn1cnc2c([nH]c3cc(OC)c(OC)cc32)c1=O. The summed E-state index contributed by atoms with van der Waals surface area (Å²) in [6.07, 6.45) is 2.35. The molecule has 0 amide bonds. The second kappa shape index (κ2) is 6.92. The van der Waals surface area contributed by atoms with Crippen LogP contribution < -0.4 is 15.0 Å². The van der Waals surface area contributed by atoms with E-state index in [4.69, 9.17) is 14.2 Å². The van der Waals surface area contributed by atoms with E-state index in [1.807, 2.05) is 19.1 Å². The summed E-state index contributed by atoms with van der Waals surface area (Å²) in [5, 5.41) is 0.834. The molecule has 0 saturated heterocycles. The van der Waals surface area contributed by atoms with E-state index in [1.54, 1.807) is 25.1 Å². The summed E-state index contributed by atoms with van der Waals surface area (Å²) >= 11 is 0. The van der Waals surface area contributed by atoms with E-state index in [1.165, 1.54) is 0 Å². The first-order valence-corrected chi connectivity index (χ1v) is 7.90. The van der Waals surface area contributed by atoms with Gasteiger partial charge >= 0.3 is 0 Å². The van der Waals surface area contributed by atoms with Crippen molar-refractivity contribution in [3.05, 3.63) is 28.8 Å². The van der Waals surface area contributed by atoms with Crippen molar-refractivity contribution in [1.29, 1.82) is 0 Å². The van der Waals surface area contributed by atoms with Gasteiger partial charge in [0.2, 0.25) is 0 Å². The topological polar surface area (TPSA) is 78.4 Å². The molecule has 0 fully saturated rings. The predicted molar refractivity (Wildman–Crippen MR) is 92.1 cm³/mol. The third-order valence-corrected chi connectivity index (χ3v) is 3.97. The largest absolute Gasteiger partial charge is 0.493 e. The molecule has 0 aliphatic heterocycles. The van der Waals surface area contributed by atoms with Crippen molar-refractivity contribution in [2.45, 2.75) is 19.9 Å². The minimum Gasteiger partial charge on any atom is -0.493 e. The van der Waals surface area contributed by atoms with Gasteiger partial charge in [-0.15, -0.1) is 0 Å². The molecule has 0 spiro atoms. The first kappa shape index (κ1) is 16.3. The zero-order valence-corrected chi connectivity index (χ0v) is 14.1. The molecule has 0 radical (unpaired) electrons. The first-order chi connectivity index (χ1) is 11.7. The third-order valence-electron chi connectivity index (χ3n) is 3.97. The van der Waals surface area contributed by atoms with Gasteiger partial charge in [-0.05, 0) is 19.4 Å². The number of hydrogen-bond acceptors (Lipinski definition) is 5. The van der Waals surface area contributed by atoms with Gasteiger partial charge in [-0.25, -0.2) is 4.98 Å². The van der Waals surface area contributed by atoms with Gasteiger partial charge in [0.1, 0.15) is 11.0 Å².